The molecule has 1 aliphatic heterocycles. The average Bonchev–Trinajstić information content (AvgIpc) is 2.20. The molecule has 74 valence electrons. The quantitative estimate of drug-likeness (QED) is 0.768. The maximum Gasteiger partial charge on any atom is 0.175 e. The van der Waals surface area contributed by atoms with Gasteiger partial charge in [0.15, 0.2) is 5.78 Å². The van der Waals surface area contributed by atoms with Gasteiger partial charge in [0.1, 0.15) is 12.4 Å². The van der Waals surface area contributed by atoms with E-state index in [2.05, 4.69) is 0 Å². The molecule has 0 saturated carbocycles. The van der Waals surface area contributed by atoms with Crippen LogP contribution in [0.5, 0.6) is 5.75 Å². The van der Waals surface area contributed by atoms with Crippen molar-refractivity contribution in [1.82, 2.24) is 0 Å². The molecule has 1 N–H and O–H groups in total. The number of halogens is 1. The van der Waals surface area contributed by atoms with E-state index in [4.69, 9.17) is 21.4 Å². The zero-order valence-corrected chi connectivity index (χ0v) is 8.12. The van der Waals surface area contributed by atoms with Crippen LogP contribution in [0.3, 0.4) is 0 Å². The first-order valence-electron chi connectivity index (χ1n) is 4.30. The summed E-state index contributed by atoms with van der Waals surface area (Å²) in [5, 5.41) is 9.42. The predicted octanol–water partition coefficient (Wildman–Crippen LogP) is 1.52. The fourth-order valence-electron chi connectivity index (χ4n) is 1.44. The van der Waals surface area contributed by atoms with Crippen LogP contribution >= 0.6 is 11.6 Å². The summed E-state index contributed by atoms with van der Waals surface area (Å²) in [5.41, 5.74) is 0.461. The van der Waals surface area contributed by atoms with Crippen molar-refractivity contribution in [2.75, 3.05) is 13.2 Å². The SMILES string of the molecule is O=C1c2cc(Cl)ccc2OCC1CO. The van der Waals surface area contributed by atoms with Gasteiger partial charge in [0.25, 0.3) is 0 Å². The van der Waals surface area contributed by atoms with Gasteiger partial charge in [-0.2, -0.15) is 0 Å². The number of benzene rings is 1. The predicted molar refractivity (Wildman–Crippen MR) is 51.9 cm³/mol. The van der Waals surface area contributed by atoms with Crippen LogP contribution in [-0.2, 0) is 0 Å². The number of carbonyl (C=O) groups excluding carboxylic acids is 1. The minimum atomic E-state index is -0.457. The number of ether oxygens (including phenoxy) is 1. The van der Waals surface area contributed by atoms with Gasteiger partial charge in [0.2, 0.25) is 0 Å². The van der Waals surface area contributed by atoms with Gasteiger partial charge in [-0.15, -0.1) is 0 Å². The van der Waals surface area contributed by atoms with E-state index in [0.29, 0.717) is 16.3 Å². The molecule has 1 aliphatic rings. The molecule has 1 aromatic carbocycles. The van der Waals surface area contributed by atoms with Gasteiger partial charge in [0, 0.05) is 5.02 Å². The van der Waals surface area contributed by atoms with E-state index in [9.17, 15) is 4.79 Å². The summed E-state index contributed by atoms with van der Waals surface area (Å²) < 4.78 is 5.31. The number of Topliss-reactive ketones (excluding diaryl/α,β-unsaturated/α-hetero) is 1. The molecule has 0 fully saturated rings. The lowest BCUT2D eigenvalue weighted by Crippen LogP contribution is -2.30. The minimum absolute atomic E-state index is 0.101. The van der Waals surface area contributed by atoms with Crippen molar-refractivity contribution >= 4 is 17.4 Å². The van der Waals surface area contributed by atoms with Crippen molar-refractivity contribution < 1.29 is 14.6 Å². The first-order valence-corrected chi connectivity index (χ1v) is 4.67. The minimum Gasteiger partial charge on any atom is -0.492 e. The third-order valence-corrected chi connectivity index (χ3v) is 2.47. The van der Waals surface area contributed by atoms with Gasteiger partial charge in [-0.25, -0.2) is 0 Å². The summed E-state index contributed by atoms with van der Waals surface area (Å²) in [5.74, 6) is -0.0127. The molecule has 14 heavy (non-hydrogen) atoms. The van der Waals surface area contributed by atoms with E-state index in [1.807, 2.05) is 0 Å². The largest absolute Gasteiger partial charge is 0.492 e. The molecule has 0 spiro atoms. The van der Waals surface area contributed by atoms with Crippen LogP contribution in [0.25, 0.3) is 0 Å². The molecule has 0 radical (unpaired) electrons. The molecular formula is C10H9ClO3. The number of rotatable bonds is 1. The average molecular weight is 213 g/mol. The number of hydrogen-bond acceptors (Lipinski definition) is 3. The van der Waals surface area contributed by atoms with Crippen molar-refractivity contribution in [3.8, 4) is 5.75 Å². The van der Waals surface area contributed by atoms with Gasteiger partial charge in [-0.1, -0.05) is 11.6 Å². The van der Waals surface area contributed by atoms with Crippen molar-refractivity contribution in [3.63, 3.8) is 0 Å². The molecule has 0 saturated heterocycles. The molecule has 2 rings (SSSR count). The fourth-order valence-corrected chi connectivity index (χ4v) is 1.61. The maximum atomic E-state index is 11.7. The monoisotopic (exact) mass is 212 g/mol. The van der Waals surface area contributed by atoms with Crippen LogP contribution in [0.2, 0.25) is 5.02 Å². The Balaban J connectivity index is 2.43. The zero-order chi connectivity index (χ0) is 10.1. The van der Waals surface area contributed by atoms with Crippen LogP contribution in [-0.4, -0.2) is 24.1 Å². The lowest BCUT2D eigenvalue weighted by Gasteiger charge is -2.22. The molecule has 0 bridgehead atoms. The molecule has 1 aromatic rings. The molecule has 3 nitrogen and oxygen atoms in total. The molecule has 0 amide bonds. The van der Waals surface area contributed by atoms with Crippen molar-refractivity contribution in [1.29, 1.82) is 0 Å². The second-order valence-electron chi connectivity index (χ2n) is 3.20. The van der Waals surface area contributed by atoms with Crippen LogP contribution in [0.4, 0.5) is 0 Å². The highest BCUT2D eigenvalue weighted by atomic mass is 35.5. The highest BCUT2D eigenvalue weighted by Crippen LogP contribution is 2.29. The first kappa shape index (κ1) is 9.49. The molecule has 0 aromatic heterocycles. The Hall–Kier alpha value is -1.06. The van der Waals surface area contributed by atoms with Gasteiger partial charge in [-0.3, -0.25) is 4.79 Å². The van der Waals surface area contributed by atoms with E-state index in [1.165, 1.54) is 0 Å². The molecular weight excluding hydrogens is 204 g/mol. The Morgan fingerprint density at radius 2 is 2.36 bits per heavy atom. The highest BCUT2D eigenvalue weighted by Gasteiger charge is 2.28. The van der Waals surface area contributed by atoms with Crippen LogP contribution in [0.15, 0.2) is 18.2 Å². The topological polar surface area (TPSA) is 46.5 Å². The summed E-state index contributed by atoms with van der Waals surface area (Å²) in [4.78, 5) is 11.7. The molecule has 0 aliphatic carbocycles. The third kappa shape index (κ3) is 1.49. The number of aliphatic hydroxyl groups excluding tert-OH is 1. The number of ketones is 1. The Morgan fingerprint density at radius 1 is 1.57 bits per heavy atom. The fraction of sp³-hybridized carbons (Fsp3) is 0.300. The third-order valence-electron chi connectivity index (χ3n) is 2.24. The Bertz CT molecular complexity index is 376. The summed E-state index contributed by atoms with van der Waals surface area (Å²) in [6, 6.07) is 4.91. The van der Waals surface area contributed by atoms with E-state index in [0.717, 1.165) is 0 Å². The number of hydrogen-bond donors (Lipinski definition) is 1. The lowest BCUT2D eigenvalue weighted by molar-refractivity contribution is 0.0738. The van der Waals surface area contributed by atoms with Gasteiger partial charge >= 0.3 is 0 Å². The van der Waals surface area contributed by atoms with Crippen LogP contribution < -0.4 is 4.74 Å². The van der Waals surface area contributed by atoms with Crippen LogP contribution in [0.1, 0.15) is 10.4 Å². The summed E-state index contributed by atoms with van der Waals surface area (Å²) in [6.07, 6.45) is 0. The number of aliphatic hydroxyl groups is 1. The Labute approximate surface area is 86.3 Å². The lowest BCUT2D eigenvalue weighted by atomic mass is 9.96. The normalized spacial score (nSPS) is 20.1. The summed E-state index contributed by atoms with van der Waals surface area (Å²) >= 11 is 5.76. The van der Waals surface area contributed by atoms with Crippen molar-refractivity contribution in [2.45, 2.75) is 0 Å². The van der Waals surface area contributed by atoms with Gasteiger partial charge < -0.3 is 9.84 Å². The molecule has 1 unspecified atom stereocenters. The zero-order valence-electron chi connectivity index (χ0n) is 7.37. The van der Waals surface area contributed by atoms with E-state index in [1.54, 1.807) is 18.2 Å². The molecule has 4 heteroatoms. The second-order valence-corrected chi connectivity index (χ2v) is 3.63. The number of carbonyl (C=O) groups is 1. The maximum absolute atomic E-state index is 11.7. The highest BCUT2D eigenvalue weighted by molar-refractivity contribution is 6.31. The Kier molecular flexibility index (Phi) is 2.44. The van der Waals surface area contributed by atoms with E-state index in [-0.39, 0.29) is 19.0 Å². The van der Waals surface area contributed by atoms with E-state index < -0.39 is 5.92 Å². The second kappa shape index (κ2) is 3.59. The standard InChI is InChI=1S/C10H9ClO3/c11-7-1-2-9-8(3-7)10(13)6(4-12)5-14-9/h1-3,6,12H,4-5H2. The van der Waals surface area contributed by atoms with Crippen molar-refractivity contribution in [3.05, 3.63) is 28.8 Å². The van der Waals surface area contributed by atoms with Gasteiger partial charge in [-0.05, 0) is 18.2 Å². The Morgan fingerprint density at radius 3 is 3.07 bits per heavy atom. The first-order chi connectivity index (χ1) is 6.72. The number of fused-ring (bicyclic) bond motifs is 1. The summed E-state index contributed by atoms with van der Waals surface area (Å²) in [7, 11) is 0. The molecule has 1 heterocycles. The molecule has 1 atom stereocenters. The van der Waals surface area contributed by atoms with Crippen LogP contribution in [0, 0.1) is 5.92 Å². The smallest absolute Gasteiger partial charge is 0.175 e. The van der Waals surface area contributed by atoms with Gasteiger partial charge in [0.05, 0.1) is 18.1 Å². The van der Waals surface area contributed by atoms with E-state index >= 15 is 0 Å². The summed E-state index contributed by atoms with van der Waals surface area (Å²) in [6.45, 7) is 0.0503. The van der Waals surface area contributed by atoms with Crippen molar-refractivity contribution in [2.24, 2.45) is 5.92 Å².